The Kier molecular flexibility index (Phi) is 5.43. The molecule has 0 radical (unpaired) electrons. The molecule has 0 aliphatic rings. The molecule has 1 unspecified atom stereocenters. The lowest BCUT2D eigenvalue weighted by atomic mass is 9.95. The first kappa shape index (κ1) is 14.3. The van der Waals surface area contributed by atoms with Gasteiger partial charge in [0.25, 0.3) is 0 Å². The summed E-state index contributed by atoms with van der Waals surface area (Å²) in [5, 5.41) is 9.21. The van der Waals surface area contributed by atoms with Crippen molar-refractivity contribution in [1.82, 2.24) is 0 Å². The van der Waals surface area contributed by atoms with Gasteiger partial charge in [0.15, 0.2) is 0 Å². The third-order valence-electron chi connectivity index (χ3n) is 2.78. The van der Waals surface area contributed by atoms with Crippen LogP contribution >= 0.6 is 0 Å². The van der Waals surface area contributed by atoms with Crippen molar-refractivity contribution in [2.45, 2.75) is 26.7 Å². The third kappa shape index (κ3) is 4.62. The quantitative estimate of drug-likeness (QED) is 0.786. The summed E-state index contributed by atoms with van der Waals surface area (Å²) in [6.07, 6.45) is 3.06. The maximum absolute atomic E-state index is 11.2. The molecule has 0 aromatic heterocycles. The van der Waals surface area contributed by atoms with Crippen LogP contribution in [0.25, 0.3) is 0 Å². The van der Waals surface area contributed by atoms with E-state index in [1.807, 2.05) is 44.2 Å². The lowest BCUT2D eigenvalue weighted by molar-refractivity contribution is -0.141. The number of carbonyl (C=O) groups is 1. The Hall–Kier alpha value is -1.77. The molecule has 0 amide bonds. The fraction of sp³-hybridized carbons (Fsp3) is 0.400. The first-order valence-electron chi connectivity index (χ1n) is 6.02. The number of ether oxygens (including phenoxy) is 1. The van der Waals surface area contributed by atoms with Crippen molar-refractivity contribution in [3.8, 4) is 5.75 Å². The molecule has 0 aliphatic heterocycles. The molecule has 0 fully saturated rings. The smallest absolute Gasteiger partial charge is 0.307 e. The summed E-state index contributed by atoms with van der Waals surface area (Å²) in [5.74, 6) is -0.374. The van der Waals surface area contributed by atoms with Crippen molar-refractivity contribution in [2.24, 2.45) is 5.92 Å². The number of methoxy groups -OCH3 is 1. The van der Waals surface area contributed by atoms with Gasteiger partial charge in [-0.15, -0.1) is 0 Å². The van der Waals surface area contributed by atoms with Crippen LogP contribution < -0.4 is 4.74 Å². The SMILES string of the molecule is COc1cccc(CC(CC=C(C)C)C(=O)O)c1. The predicted molar refractivity (Wildman–Crippen MR) is 71.9 cm³/mol. The van der Waals surface area contributed by atoms with Crippen molar-refractivity contribution in [1.29, 1.82) is 0 Å². The van der Waals surface area contributed by atoms with Crippen molar-refractivity contribution in [2.75, 3.05) is 7.11 Å². The lowest BCUT2D eigenvalue weighted by Crippen LogP contribution is -2.15. The van der Waals surface area contributed by atoms with Gasteiger partial charge < -0.3 is 9.84 Å². The van der Waals surface area contributed by atoms with E-state index < -0.39 is 5.97 Å². The van der Waals surface area contributed by atoms with E-state index in [0.717, 1.165) is 16.9 Å². The highest BCUT2D eigenvalue weighted by molar-refractivity contribution is 5.70. The van der Waals surface area contributed by atoms with E-state index in [0.29, 0.717) is 12.8 Å². The minimum absolute atomic E-state index is 0.382. The van der Waals surface area contributed by atoms with Crippen LogP contribution in [-0.4, -0.2) is 18.2 Å². The summed E-state index contributed by atoms with van der Waals surface area (Å²) < 4.78 is 5.14. The number of allylic oxidation sites excluding steroid dienone is 2. The zero-order valence-electron chi connectivity index (χ0n) is 11.1. The van der Waals surface area contributed by atoms with Crippen molar-refractivity contribution >= 4 is 5.97 Å². The van der Waals surface area contributed by atoms with Gasteiger partial charge in [0, 0.05) is 0 Å². The molecular weight excluding hydrogens is 228 g/mol. The van der Waals surface area contributed by atoms with Gasteiger partial charge in [0.2, 0.25) is 0 Å². The molecule has 1 rings (SSSR count). The van der Waals surface area contributed by atoms with Crippen LogP contribution in [0.5, 0.6) is 5.75 Å². The molecule has 0 aliphatic carbocycles. The summed E-state index contributed by atoms with van der Waals surface area (Å²) in [5.41, 5.74) is 2.13. The Morgan fingerprint density at radius 1 is 1.44 bits per heavy atom. The monoisotopic (exact) mass is 248 g/mol. The van der Waals surface area contributed by atoms with Gasteiger partial charge >= 0.3 is 5.97 Å². The second kappa shape index (κ2) is 6.84. The molecule has 0 saturated carbocycles. The van der Waals surface area contributed by atoms with Gasteiger partial charge in [0.1, 0.15) is 5.75 Å². The minimum atomic E-state index is -0.754. The summed E-state index contributed by atoms with van der Waals surface area (Å²) in [6.45, 7) is 3.95. The van der Waals surface area contributed by atoms with E-state index in [9.17, 15) is 9.90 Å². The van der Waals surface area contributed by atoms with E-state index in [1.165, 1.54) is 0 Å². The van der Waals surface area contributed by atoms with E-state index in [2.05, 4.69) is 0 Å². The molecule has 98 valence electrons. The van der Waals surface area contributed by atoms with E-state index >= 15 is 0 Å². The number of aliphatic carboxylic acids is 1. The van der Waals surface area contributed by atoms with Crippen molar-refractivity contribution < 1.29 is 14.6 Å². The maximum atomic E-state index is 11.2. The number of carboxylic acid groups (broad SMARTS) is 1. The highest BCUT2D eigenvalue weighted by atomic mass is 16.5. The van der Waals surface area contributed by atoms with E-state index in [-0.39, 0.29) is 5.92 Å². The van der Waals surface area contributed by atoms with Gasteiger partial charge in [-0.1, -0.05) is 23.8 Å². The standard InChI is InChI=1S/C15H20O3/c1-11(2)7-8-13(15(16)17)9-12-5-4-6-14(10-12)18-3/h4-7,10,13H,8-9H2,1-3H3,(H,16,17). The third-order valence-corrected chi connectivity index (χ3v) is 2.78. The average Bonchev–Trinajstić information content (AvgIpc) is 2.34. The molecule has 0 saturated heterocycles. The molecule has 0 bridgehead atoms. The second-order valence-electron chi connectivity index (χ2n) is 4.61. The molecule has 18 heavy (non-hydrogen) atoms. The summed E-state index contributed by atoms with van der Waals surface area (Å²) in [7, 11) is 1.61. The molecule has 0 spiro atoms. The van der Waals surface area contributed by atoms with Crippen molar-refractivity contribution in [3.63, 3.8) is 0 Å². The summed E-state index contributed by atoms with van der Waals surface area (Å²) in [6, 6.07) is 7.56. The second-order valence-corrected chi connectivity index (χ2v) is 4.61. The normalized spacial score (nSPS) is 11.7. The predicted octanol–water partition coefficient (Wildman–Crippen LogP) is 3.29. The van der Waals surface area contributed by atoms with Crippen LogP contribution in [0.3, 0.4) is 0 Å². The fourth-order valence-electron chi connectivity index (χ4n) is 1.73. The average molecular weight is 248 g/mol. The molecule has 1 N–H and O–H groups in total. The fourth-order valence-corrected chi connectivity index (χ4v) is 1.73. The first-order chi connectivity index (χ1) is 8.52. The molecule has 3 nitrogen and oxygen atoms in total. The molecular formula is C15H20O3. The van der Waals surface area contributed by atoms with Crippen LogP contribution in [0.2, 0.25) is 0 Å². The Balaban J connectivity index is 2.76. The number of carboxylic acids is 1. The maximum Gasteiger partial charge on any atom is 0.307 e. The zero-order chi connectivity index (χ0) is 13.5. The minimum Gasteiger partial charge on any atom is -0.497 e. The Labute approximate surface area is 108 Å². The van der Waals surface area contributed by atoms with E-state index in [4.69, 9.17) is 4.74 Å². The van der Waals surface area contributed by atoms with Crippen LogP contribution in [-0.2, 0) is 11.2 Å². The van der Waals surface area contributed by atoms with Gasteiger partial charge in [-0.3, -0.25) is 4.79 Å². The molecule has 0 heterocycles. The summed E-state index contributed by atoms with van der Waals surface area (Å²) >= 11 is 0. The Morgan fingerprint density at radius 3 is 2.72 bits per heavy atom. The number of hydrogen-bond donors (Lipinski definition) is 1. The van der Waals surface area contributed by atoms with Gasteiger partial charge in [0.05, 0.1) is 13.0 Å². The zero-order valence-corrected chi connectivity index (χ0v) is 11.1. The number of hydrogen-bond acceptors (Lipinski definition) is 2. The highest BCUT2D eigenvalue weighted by Gasteiger charge is 2.16. The van der Waals surface area contributed by atoms with E-state index in [1.54, 1.807) is 7.11 Å². The van der Waals surface area contributed by atoms with Gasteiger partial charge in [-0.25, -0.2) is 0 Å². The Morgan fingerprint density at radius 2 is 2.17 bits per heavy atom. The van der Waals surface area contributed by atoms with Gasteiger partial charge in [-0.05, 0) is 44.4 Å². The number of benzene rings is 1. The van der Waals surface area contributed by atoms with Crippen LogP contribution in [0, 0.1) is 5.92 Å². The molecule has 1 aromatic rings. The topological polar surface area (TPSA) is 46.5 Å². The Bertz CT molecular complexity index is 431. The van der Waals surface area contributed by atoms with Crippen LogP contribution in [0.1, 0.15) is 25.8 Å². The van der Waals surface area contributed by atoms with Gasteiger partial charge in [-0.2, -0.15) is 0 Å². The van der Waals surface area contributed by atoms with Crippen LogP contribution in [0.4, 0.5) is 0 Å². The summed E-state index contributed by atoms with van der Waals surface area (Å²) in [4.78, 5) is 11.2. The first-order valence-corrected chi connectivity index (χ1v) is 6.02. The molecule has 3 heteroatoms. The lowest BCUT2D eigenvalue weighted by Gasteiger charge is -2.11. The largest absolute Gasteiger partial charge is 0.497 e. The molecule has 1 aromatic carbocycles. The van der Waals surface area contributed by atoms with Crippen LogP contribution in [0.15, 0.2) is 35.9 Å². The molecule has 1 atom stereocenters. The number of rotatable bonds is 6. The van der Waals surface area contributed by atoms with Crippen molar-refractivity contribution in [3.05, 3.63) is 41.5 Å². The highest BCUT2D eigenvalue weighted by Crippen LogP contribution is 2.18.